The molecule has 2 aromatic carbocycles. The van der Waals surface area contributed by atoms with Crippen LogP contribution in [0.1, 0.15) is 25.8 Å². The molecular formula is C20H21N3O. The number of carbonyl (C=O) groups excluding carboxylic acids is 1. The Bertz CT molecular complexity index is 811. The molecule has 3 rings (SSSR count). The number of hydrogen-bond donors (Lipinski definition) is 1. The van der Waals surface area contributed by atoms with Crippen molar-refractivity contribution in [2.75, 3.05) is 5.32 Å². The molecule has 1 unspecified atom stereocenters. The number of benzene rings is 2. The summed E-state index contributed by atoms with van der Waals surface area (Å²) in [5.74, 6) is 0.508. The third-order valence-electron chi connectivity index (χ3n) is 4.47. The minimum absolute atomic E-state index is 0.0467. The van der Waals surface area contributed by atoms with Crippen molar-refractivity contribution in [1.82, 2.24) is 9.78 Å². The Hall–Kier alpha value is -2.88. The number of amides is 1. The first kappa shape index (κ1) is 16.0. The van der Waals surface area contributed by atoms with E-state index < -0.39 is 5.41 Å². The van der Waals surface area contributed by atoms with E-state index in [9.17, 15) is 4.79 Å². The van der Waals surface area contributed by atoms with Gasteiger partial charge in [0.15, 0.2) is 5.82 Å². The second-order valence-electron chi connectivity index (χ2n) is 5.99. The van der Waals surface area contributed by atoms with Crippen molar-refractivity contribution in [3.8, 4) is 5.69 Å². The number of nitrogens with one attached hydrogen (secondary N) is 1. The summed E-state index contributed by atoms with van der Waals surface area (Å²) in [6.07, 6.45) is 2.55. The van der Waals surface area contributed by atoms with Gasteiger partial charge in [-0.05, 0) is 31.0 Å². The van der Waals surface area contributed by atoms with E-state index in [2.05, 4.69) is 10.4 Å². The maximum atomic E-state index is 12.9. The number of para-hydroxylation sites is 1. The predicted octanol–water partition coefficient (Wildman–Crippen LogP) is 4.18. The van der Waals surface area contributed by atoms with Crippen molar-refractivity contribution < 1.29 is 4.79 Å². The van der Waals surface area contributed by atoms with Crippen LogP contribution in [0, 0.1) is 0 Å². The third-order valence-corrected chi connectivity index (χ3v) is 4.47. The van der Waals surface area contributed by atoms with Gasteiger partial charge >= 0.3 is 0 Å². The highest BCUT2D eigenvalue weighted by atomic mass is 16.2. The minimum atomic E-state index is -0.586. The number of anilines is 1. The van der Waals surface area contributed by atoms with Gasteiger partial charge in [0.25, 0.3) is 0 Å². The molecule has 0 saturated carbocycles. The summed E-state index contributed by atoms with van der Waals surface area (Å²) in [7, 11) is 0. The summed E-state index contributed by atoms with van der Waals surface area (Å²) in [6.45, 7) is 3.99. The molecule has 4 nitrogen and oxygen atoms in total. The van der Waals surface area contributed by atoms with Crippen LogP contribution < -0.4 is 5.32 Å². The quantitative estimate of drug-likeness (QED) is 0.767. The highest BCUT2D eigenvalue weighted by molar-refractivity contribution is 5.98. The molecule has 0 fully saturated rings. The van der Waals surface area contributed by atoms with E-state index in [1.165, 1.54) is 0 Å². The van der Waals surface area contributed by atoms with E-state index >= 15 is 0 Å². The zero-order chi connectivity index (χ0) is 17.0. The third kappa shape index (κ3) is 3.08. The molecule has 0 aliphatic carbocycles. The highest BCUT2D eigenvalue weighted by Crippen LogP contribution is 2.29. The van der Waals surface area contributed by atoms with Crippen LogP contribution in [0.15, 0.2) is 72.9 Å². The van der Waals surface area contributed by atoms with Crippen molar-refractivity contribution in [3.05, 3.63) is 78.5 Å². The molecule has 4 heteroatoms. The van der Waals surface area contributed by atoms with Crippen LogP contribution in [0.4, 0.5) is 5.82 Å². The molecule has 0 saturated heterocycles. The number of rotatable bonds is 5. The molecule has 1 heterocycles. The minimum Gasteiger partial charge on any atom is -0.308 e. The van der Waals surface area contributed by atoms with Crippen LogP contribution in [-0.4, -0.2) is 15.7 Å². The number of hydrogen-bond acceptors (Lipinski definition) is 2. The molecule has 122 valence electrons. The fourth-order valence-corrected chi connectivity index (χ4v) is 2.67. The lowest BCUT2D eigenvalue weighted by atomic mass is 9.79. The first-order chi connectivity index (χ1) is 11.6. The zero-order valence-electron chi connectivity index (χ0n) is 13.9. The summed E-state index contributed by atoms with van der Waals surface area (Å²) in [6, 6.07) is 21.5. The van der Waals surface area contributed by atoms with Crippen molar-refractivity contribution >= 4 is 11.7 Å². The second-order valence-corrected chi connectivity index (χ2v) is 5.99. The van der Waals surface area contributed by atoms with Crippen LogP contribution in [0.5, 0.6) is 0 Å². The highest BCUT2D eigenvalue weighted by Gasteiger charge is 2.33. The molecule has 1 N–H and O–H groups in total. The van der Waals surface area contributed by atoms with Gasteiger partial charge in [-0.2, -0.15) is 5.10 Å². The van der Waals surface area contributed by atoms with E-state index in [1.54, 1.807) is 4.68 Å². The van der Waals surface area contributed by atoms with Gasteiger partial charge in [-0.25, -0.2) is 4.68 Å². The molecule has 0 radical (unpaired) electrons. The lowest BCUT2D eigenvalue weighted by molar-refractivity contribution is -0.121. The van der Waals surface area contributed by atoms with Crippen LogP contribution >= 0.6 is 0 Å². The molecule has 1 atom stereocenters. The maximum Gasteiger partial charge on any atom is 0.235 e. The Kier molecular flexibility index (Phi) is 4.47. The summed E-state index contributed by atoms with van der Waals surface area (Å²) in [5, 5.41) is 7.40. The number of aromatic nitrogens is 2. The molecular weight excluding hydrogens is 298 g/mol. The lowest BCUT2D eigenvalue weighted by Crippen LogP contribution is -2.37. The number of carbonyl (C=O) groups is 1. The van der Waals surface area contributed by atoms with Gasteiger partial charge in [0.05, 0.1) is 11.1 Å². The van der Waals surface area contributed by atoms with Gasteiger partial charge in [-0.3, -0.25) is 4.79 Å². The molecule has 0 aliphatic heterocycles. The van der Waals surface area contributed by atoms with Crippen molar-refractivity contribution in [2.45, 2.75) is 25.7 Å². The molecule has 0 aliphatic rings. The van der Waals surface area contributed by atoms with Crippen LogP contribution in [0.25, 0.3) is 5.69 Å². The van der Waals surface area contributed by atoms with E-state index in [-0.39, 0.29) is 5.91 Å². The van der Waals surface area contributed by atoms with Crippen LogP contribution in [0.3, 0.4) is 0 Å². The molecule has 3 aromatic rings. The summed E-state index contributed by atoms with van der Waals surface area (Å²) < 4.78 is 1.75. The fraction of sp³-hybridized carbons (Fsp3) is 0.200. The van der Waals surface area contributed by atoms with Crippen molar-refractivity contribution in [1.29, 1.82) is 0 Å². The topological polar surface area (TPSA) is 46.9 Å². The van der Waals surface area contributed by atoms with Gasteiger partial charge in [0, 0.05) is 12.3 Å². The summed E-state index contributed by atoms with van der Waals surface area (Å²) in [4.78, 5) is 12.9. The Morgan fingerprint density at radius 3 is 2.29 bits per heavy atom. The van der Waals surface area contributed by atoms with Crippen molar-refractivity contribution in [2.24, 2.45) is 0 Å². The lowest BCUT2D eigenvalue weighted by Gasteiger charge is -2.27. The normalized spacial score (nSPS) is 13.2. The summed E-state index contributed by atoms with van der Waals surface area (Å²) >= 11 is 0. The Balaban J connectivity index is 1.81. The van der Waals surface area contributed by atoms with Crippen molar-refractivity contribution in [3.63, 3.8) is 0 Å². The standard InChI is InChI=1S/C20H21N3O/c1-3-20(2,16-10-6-4-7-11-16)19(24)21-18-14-15-23(22-18)17-12-8-5-9-13-17/h4-15H,3H2,1-2H3,(H,21,22,24). The van der Waals surface area contributed by atoms with E-state index in [1.807, 2.05) is 86.8 Å². The molecule has 0 bridgehead atoms. The second kappa shape index (κ2) is 6.71. The van der Waals surface area contributed by atoms with Gasteiger partial charge in [0.2, 0.25) is 5.91 Å². The molecule has 1 amide bonds. The van der Waals surface area contributed by atoms with E-state index in [0.29, 0.717) is 12.2 Å². The molecule has 24 heavy (non-hydrogen) atoms. The smallest absolute Gasteiger partial charge is 0.235 e. The Morgan fingerprint density at radius 1 is 1.04 bits per heavy atom. The average molecular weight is 319 g/mol. The fourth-order valence-electron chi connectivity index (χ4n) is 2.67. The first-order valence-electron chi connectivity index (χ1n) is 8.11. The van der Waals surface area contributed by atoms with Gasteiger partial charge in [0.1, 0.15) is 0 Å². The van der Waals surface area contributed by atoms with E-state index in [0.717, 1.165) is 11.3 Å². The van der Waals surface area contributed by atoms with Gasteiger partial charge < -0.3 is 5.32 Å². The van der Waals surface area contributed by atoms with Crippen LogP contribution in [0.2, 0.25) is 0 Å². The zero-order valence-corrected chi connectivity index (χ0v) is 13.9. The summed E-state index contributed by atoms with van der Waals surface area (Å²) in [5.41, 5.74) is 1.38. The monoisotopic (exact) mass is 319 g/mol. The molecule has 0 spiro atoms. The number of nitrogens with zero attached hydrogens (tertiary/aromatic N) is 2. The van der Waals surface area contributed by atoms with Gasteiger partial charge in [-0.15, -0.1) is 0 Å². The predicted molar refractivity (Wildman–Crippen MR) is 96.3 cm³/mol. The van der Waals surface area contributed by atoms with Crippen LogP contribution in [-0.2, 0) is 10.2 Å². The largest absolute Gasteiger partial charge is 0.308 e. The SMILES string of the molecule is CCC(C)(C(=O)Nc1ccn(-c2ccccc2)n1)c1ccccc1. The molecule has 1 aromatic heterocycles. The van der Waals surface area contributed by atoms with Gasteiger partial charge in [-0.1, -0.05) is 55.5 Å². The van der Waals surface area contributed by atoms with E-state index in [4.69, 9.17) is 0 Å². The average Bonchev–Trinajstić information content (AvgIpc) is 3.11. The first-order valence-corrected chi connectivity index (χ1v) is 8.11. The maximum absolute atomic E-state index is 12.9. The Labute approximate surface area is 142 Å². The Morgan fingerprint density at radius 2 is 1.67 bits per heavy atom.